The van der Waals surface area contributed by atoms with Crippen molar-refractivity contribution in [1.82, 2.24) is 10.5 Å². The summed E-state index contributed by atoms with van der Waals surface area (Å²) in [4.78, 5) is 0. The summed E-state index contributed by atoms with van der Waals surface area (Å²) in [5, 5.41) is 7.11. The summed E-state index contributed by atoms with van der Waals surface area (Å²) < 4.78 is 10.1. The van der Waals surface area contributed by atoms with Crippen molar-refractivity contribution in [2.45, 2.75) is 13.5 Å². The van der Waals surface area contributed by atoms with Gasteiger partial charge in [-0.2, -0.15) is 0 Å². The summed E-state index contributed by atoms with van der Waals surface area (Å²) in [5.41, 5.74) is 1.82. The second-order valence-electron chi connectivity index (χ2n) is 2.97. The van der Waals surface area contributed by atoms with E-state index in [4.69, 9.17) is 8.94 Å². The molecule has 14 heavy (non-hydrogen) atoms. The minimum atomic E-state index is 0.734. The van der Waals surface area contributed by atoms with Gasteiger partial charge in [-0.25, -0.2) is 0 Å². The third-order valence-corrected chi connectivity index (χ3v) is 1.92. The van der Waals surface area contributed by atoms with Crippen molar-refractivity contribution in [1.29, 1.82) is 0 Å². The van der Waals surface area contributed by atoms with Crippen LogP contribution in [0.15, 0.2) is 33.6 Å². The lowest BCUT2D eigenvalue weighted by atomic mass is 10.2. The molecule has 0 atom stereocenters. The largest absolute Gasteiger partial charge is 0.472 e. The van der Waals surface area contributed by atoms with Crippen LogP contribution in [0.5, 0.6) is 0 Å². The van der Waals surface area contributed by atoms with Gasteiger partial charge in [0.1, 0.15) is 6.26 Å². The molecule has 0 unspecified atom stereocenters. The van der Waals surface area contributed by atoms with Crippen molar-refractivity contribution in [3.05, 3.63) is 30.4 Å². The van der Waals surface area contributed by atoms with Gasteiger partial charge in [-0.05, 0) is 12.6 Å². The Morgan fingerprint density at radius 2 is 2.43 bits per heavy atom. The lowest BCUT2D eigenvalue weighted by Crippen LogP contribution is -2.11. The van der Waals surface area contributed by atoms with Gasteiger partial charge in [-0.15, -0.1) is 0 Å². The fourth-order valence-electron chi connectivity index (χ4n) is 1.19. The van der Waals surface area contributed by atoms with E-state index >= 15 is 0 Å². The van der Waals surface area contributed by atoms with Crippen molar-refractivity contribution in [3.63, 3.8) is 0 Å². The average molecular weight is 192 g/mol. The van der Waals surface area contributed by atoms with Crippen LogP contribution in [0.2, 0.25) is 0 Å². The summed E-state index contributed by atoms with van der Waals surface area (Å²) in [6.07, 6.45) is 3.25. The summed E-state index contributed by atoms with van der Waals surface area (Å²) in [5.74, 6) is 0.742. The Labute approximate surface area is 81.9 Å². The summed E-state index contributed by atoms with van der Waals surface area (Å²) in [6.45, 7) is 3.71. The maximum Gasteiger partial charge on any atom is 0.170 e. The topological polar surface area (TPSA) is 51.2 Å². The highest BCUT2D eigenvalue weighted by Crippen LogP contribution is 2.20. The second-order valence-corrected chi connectivity index (χ2v) is 2.97. The Bertz CT molecular complexity index is 378. The monoisotopic (exact) mass is 192 g/mol. The van der Waals surface area contributed by atoms with Crippen LogP contribution >= 0.6 is 0 Å². The highest BCUT2D eigenvalue weighted by atomic mass is 16.5. The van der Waals surface area contributed by atoms with Gasteiger partial charge < -0.3 is 14.3 Å². The first-order chi connectivity index (χ1) is 6.90. The van der Waals surface area contributed by atoms with Crippen LogP contribution in [0, 0.1) is 0 Å². The number of hydrogen-bond acceptors (Lipinski definition) is 4. The molecule has 0 fully saturated rings. The molecule has 74 valence electrons. The Kier molecular flexibility index (Phi) is 2.65. The maximum absolute atomic E-state index is 5.16. The molecule has 0 aromatic carbocycles. The van der Waals surface area contributed by atoms with Crippen molar-refractivity contribution < 1.29 is 8.94 Å². The van der Waals surface area contributed by atoms with Crippen molar-refractivity contribution >= 4 is 0 Å². The standard InChI is InChI=1S/C10H12N2O2/c1-2-11-6-9-5-10(14-12-9)8-3-4-13-7-8/h3-5,7,11H,2,6H2,1H3. The number of hydrogen-bond donors (Lipinski definition) is 1. The van der Waals surface area contributed by atoms with E-state index < -0.39 is 0 Å². The van der Waals surface area contributed by atoms with E-state index in [0.717, 1.165) is 30.1 Å². The van der Waals surface area contributed by atoms with Crippen LogP contribution in [-0.2, 0) is 6.54 Å². The lowest BCUT2D eigenvalue weighted by Gasteiger charge is -1.92. The van der Waals surface area contributed by atoms with Gasteiger partial charge in [0.25, 0.3) is 0 Å². The summed E-state index contributed by atoms with van der Waals surface area (Å²) in [6, 6.07) is 3.76. The molecule has 0 bridgehead atoms. The van der Waals surface area contributed by atoms with Gasteiger partial charge in [0.15, 0.2) is 5.76 Å². The van der Waals surface area contributed by atoms with E-state index in [1.54, 1.807) is 12.5 Å². The molecule has 4 nitrogen and oxygen atoms in total. The molecule has 0 saturated carbocycles. The first-order valence-electron chi connectivity index (χ1n) is 4.59. The molecule has 0 saturated heterocycles. The van der Waals surface area contributed by atoms with E-state index in [2.05, 4.69) is 17.4 Å². The Morgan fingerprint density at radius 1 is 1.50 bits per heavy atom. The molecule has 1 N–H and O–H groups in total. The van der Waals surface area contributed by atoms with Crippen LogP contribution in [-0.4, -0.2) is 11.7 Å². The minimum Gasteiger partial charge on any atom is -0.472 e. The first kappa shape index (κ1) is 9.02. The van der Waals surface area contributed by atoms with E-state index in [0.29, 0.717) is 0 Å². The molecule has 0 aliphatic carbocycles. The van der Waals surface area contributed by atoms with Crippen molar-refractivity contribution in [2.75, 3.05) is 6.54 Å². The highest BCUT2D eigenvalue weighted by Gasteiger charge is 2.06. The molecular formula is C10H12N2O2. The van der Waals surface area contributed by atoms with Crippen LogP contribution in [0.25, 0.3) is 11.3 Å². The molecular weight excluding hydrogens is 180 g/mol. The minimum absolute atomic E-state index is 0.734. The number of rotatable bonds is 4. The maximum atomic E-state index is 5.16. The smallest absolute Gasteiger partial charge is 0.170 e. The third kappa shape index (κ3) is 1.85. The fourth-order valence-corrected chi connectivity index (χ4v) is 1.19. The van der Waals surface area contributed by atoms with E-state index in [-0.39, 0.29) is 0 Å². The molecule has 0 spiro atoms. The van der Waals surface area contributed by atoms with Crippen molar-refractivity contribution in [2.24, 2.45) is 0 Å². The fraction of sp³-hybridized carbons (Fsp3) is 0.300. The quantitative estimate of drug-likeness (QED) is 0.805. The van der Waals surface area contributed by atoms with Gasteiger partial charge in [-0.3, -0.25) is 0 Å². The van der Waals surface area contributed by atoms with Crippen LogP contribution in [0.1, 0.15) is 12.6 Å². The van der Waals surface area contributed by atoms with E-state index in [1.807, 2.05) is 12.1 Å². The summed E-state index contributed by atoms with van der Waals surface area (Å²) in [7, 11) is 0. The van der Waals surface area contributed by atoms with E-state index in [1.165, 1.54) is 0 Å². The lowest BCUT2D eigenvalue weighted by molar-refractivity contribution is 0.420. The number of nitrogens with zero attached hydrogens (tertiary/aromatic N) is 1. The van der Waals surface area contributed by atoms with E-state index in [9.17, 15) is 0 Å². The SMILES string of the molecule is CCNCc1cc(-c2ccoc2)on1. The van der Waals surface area contributed by atoms with Crippen LogP contribution in [0.3, 0.4) is 0 Å². The van der Waals surface area contributed by atoms with Gasteiger partial charge in [0, 0.05) is 12.6 Å². The van der Waals surface area contributed by atoms with Gasteiger partial charge in [0.05, 0.1) is 17.5 Å². The molecule has 2 rings (SSSR count). The van der Waals surface area contributed by atoms with Gasteiger partial charge in [0.2, 0.25) is 0 Å². The first-order valence-corrected chi connectivity index (χ1v) is 4.59. The molecule has 2 aromatic rings. The van der Waals surface area contributed by atoms with Crippen molar-refractivity contribution in [3.8, 4) is 11.3 Å². The number of aromatic nitrogens is 1. The number of furan rings is 1. The molecule has 4 heteroatoms. The zero-order valence-electron chi connectivity index (χ0n) is 7.99. The predicted molar refractivity (Wildman–Crippen MR) is 51.6 cm³/mol. The zero-order chi connectivity index (χ0) is 9.80. The molecule has 2 aromatic heterocycles. The Morgan fingerprint density at radius 3 is 3.14 bits per heavy atom. The average Bonchev–Trinajstić information content (AvgIpc) is 2.85. The molecule has 2 heterocycles. The molecule has 0 radical (unpaired) electrons. The highest BCUT2D eigenvalue weighted by molar-refractivity contribution is 5.55. The molecule has 0 aliphatic heterocycles. The Balaban J connectivity index is 2.10. The third-order valence-electron chi connectivity index (χ3n) is 1.92. The normalized spacial score (nSPS) is 10.6. The van der Waals surface area contributed by atoms with Gasteiger partial charge in [-0.1, -0.05) is 12.1 Å². The van der Waals surface area contributed by atoms with Gasteiger partial charge >= 0.3 is 0 Å². The predicted octanol–water partition coefficient (Wildman–Crippen LogP) is 2.04. The number of nitrogens with one attached hydrogen (secondary N) is 1. The molecule has 0 aliphatic rings. The zero-order valence-corrected chi connectivity index (χ0v) is 7.99. The Hall–Kier alpha value is -1.55. The second kappa shape index (κ2) is 4.11. The molecule has 0 amide bonds. The summed E-state index contributed by atoms with van der Waals surface area (Å²) >= 11 is 0. The van der Waals surface area contributed by atoms with Crippen LogP contribution in [0.4, 0.5) is 0 Å². The van der Waals surface area contributed by atoms with Crippen LogP contribution < -0.4 is 5.32 Å².